The smallest absolute Gasteiger partial charge is 0.384 e. The van der Waals surface area contributed by atoms with Crippen LogP contribution in [0.4, 0.5) is 13.2 Å². The molecule has 0 atom stereocenters. The SMILES string of the molecule is Cc1nn(-c2ccc(C(F)(F)F)cc2C(=N)N)cc1Cl. The minimum atomic E-state index is -4.50. The van der Waals surface area contributed by atoms with Crippen LogP contribution in [0.1, 0.15) is 16.8 Å². The van der Waals surface area contributed by atoms with Crippen molar-refractivity contribution in [1.29, 1.82) is 5.41 Å². The maximum Gasteiger partial charge on any atom is 0.416 e. The number of amidine groups is 1. The molecule has 0 radical (unpaired) electrons. The van der Waals surface area contributed by atoms with Crippen molar-refractivity contribution in [2.24, 2.45) is 5.73 Å². The van der Waals surface area contributed by atoms with Crippen LogP contribution >= 0.6 is 11.6 Å². The van der Waals surface area contributed by atoms with Crippen LogP contribution in [0.2, 0.25) is 5.02 Å². The quantitative estimate of drug-likeness (QED) is 0.661. The molecule has 106 valence electrons. The van der Waals surface area contributed by atoms with Crippen molar-refractivity contribution in [2.45, 2.75) is 13.1 Å². The summed E-state index contributed by atoms with van der Waals surface area (Å²) in [6, 6.07) is 2.94. The number of benzene rings is 1. The van der Waals surface area contributed by atoms with Gasteiger partial charge in [-0.05, 0) is 25.1 Å². The molecule has 0 amide bonds. The molecular formula is C12H10ClF3N4. The molecule has 0 saturated carbocycles. The number of rotatable bonds is 2. The normalized spacial score (nSPS) is 11.7. The number of nitrogens with zero attached hydrogens (tertiary/aromatic N) is 2. The summed E-state index contributed by atoms with van der Waals surface area (Å²) in [5.41, 5.74) is 5.21. The summed E-state index contributed by atoms with van der Waals surface area (Å²) in [6.07, 6.45) is -3.05. The molecular weight excluding hydrogens is 293 g/mol. The van der Waals surface area contributed by atoms with Crippen LogP contribution in [-0.2, 0) is 6.18 Å². The zero-order valence-electron chi connectivity index (χ0n) is 10.3. The number of nitrogens with two attached hydrogens (primary N) is 1. The highest BCUT2D eigenvalue weighted by Crippen LogP contribution is 2.31. The number of hydrogen-bond acceptors (Lipinski definition) is 2. The van der Waals surface area contributed by atoms with Crippen molar-refractivity contribution in [2.75, 3.05) is 0 Å². The molecule has 0 aliphatic heterocycles. The molecule has 2 rings (SSSR count). The molecule has 3 N–H and O–H groups in total. The molecule has 2 aromatic rings. The van der Waals surface area contributed by atoms with Crippen LogP contribution in [0.25, 0.3) is 5.69 Å². The molecule has 8 heteroatoms. The number of aromatic nitrogens is 2. The van der Waals surface area contributed by atoms with Gasteiger partial charge in [0.15, 0.2) is 0 Å². The van der Waals surface area contributed by atoms with E-state index >= 15 is 0 Å². The minimum absolute atomic E-state index is 0.0565. The Morgan fingerprint density at radius 1 is 1.40 bits per heavy atom. The third-order valence-corrected chi connectivity index (χ3v) is 3.07. The van der Waals surface area contributed by atoms with Crippen molar-refractivity contribution in [3.05, 3.63) is 46.2 Å². The molecule has 1 heterocycles. The lowest BCUT2D eigenvalue weighted by Gasteiger charge is -2.12. The van der Waals surface area contributed by atoms with E-state index in [1.807, 2.05) is 0 Å². The van der Waals surface area contributed by atoms with Gasteiger partial charge in [-0.2, -0.15) is 18.3 Å². The Morgan fingerprint density at radius 3 is 2.50 bits per heavy atom. The second-order valence-electron chi connectivity index (χ2n) is 4.15. The lowest BCUT2D eigenvalue weighted by Crippen LogP contribution is -2.17. The molecule has 0 bridgehead atoms. The fourth-order valence-corrected chi connectivity index (χ4v) is 1.82. The first-order valence-electron chi connectivity index (χ1n) is 5.48. The van der Waals surface area contributed by atoms with Gasteiger partial charge in [0.25, 0.3) is 0 Å². The number of nitrogens with one attached hydrogen (secondary N) is 1. The Balaban J connectivity index is 2.62. The number of nitrogen functional groups attached to an aromatic ring is 1. The van der Waals surface area contributed by atoms with Crippen molar-refractivity contribution >= 4 is 17.4 Å². The lowest BCUT2D eigenvalue weighted by atomic mass is 10.1. The van der Waals surface area contributed by atoms with Crippen LogP contribution in [0.3, 0.4) is 0 Å². The van der Waals surface area contributed by atoms with Gasteiger partial charge in [-0.3, -0.25) is 5.41 Å². The average Bonchev–Trinajstić information content (AvgIpc) is 2.67. The predicted molar refractivity (Wildman–Crippen MR) is 69.3 cm³/mol. The first kappa shape index (κ1) is 14.4. The Morgan fingerprint density at radius 2 is 2.05 bits per heavy atom. The van der Waals surface area contributed by atoms with Crippen LogP contribution in [0, 0.1) is 12.3 Å². The summed E-state index contributed by atoms with van der Waals surface area (Å²) in [5, 5.41) is 11.9. The van der Waals surface area contributed by atoms with Crippen LogP contribution in [0.15, 0.2) is 24.4 Å². The monoisotopic (exact) mass is 302 g/mol. The van der Waals surface area contributed by atoms with Crippen LogP contribution in [0.5, 0.6) is 0 Å². The topological polar surface area (TPSA) is 67.7 Å². The third kappa shape index (κ3) is 2.62. The van der Waals surface area contributed by atoms with Crippen molar-refractivity contribution in [1.82, 2.24) is 9.78 Å². The number of alkyl halides is 3. The van der Waals surface area contributed by atoms with Gasteiger partial charge < -0.3 is 5.73 Å². The molecule has 20 heavy (non-hydrogen) atoms. The van der Waals surface area contributed by atoms with Gasteiger partial charge in [0.1, 0.15) is 5.84 Å². The third-order valence-electron chi connectivity index (χ3n) is 2.70. The van der Waals surface area contributed by atoms with Crippen molar-refractivity contribution < 1.29 is 13.2 Å². The van der Waals surface area contributed by atoms with E-state index in [-0.39, 0.29) is 11.3 Å². The second-order valence-corrected chi connectivity index (χ2v) is 4.56. The maximum absolute atomic E-state index is 12.7. The molecule has 0 unspecified atom stereocenters. The number of hydrogen-bond donors (Lipinski definition) is 2. The van der Waals surface area contributed by atoms with Crippen molar-refractivity contribution in [3.8, 4) is 5.69 Å². The van der Waals surface area contributed by atoms with Gasteiger partial charge in [-0.1, -0.05) is 11.6 Å². The lowest BCUT2D eigenvalue weighted by molar-refractivity contribution is -0.137. The number of aryl methyl sites for hydroxylation is 1. The van der Waals surface area contributed by atoms with Gasteiger partial charge in [0.05, 0.1) is 22.0 Å². The van der Waals surface area contributed by atoms with Crippen LogP contribution in [-0.4, -0.2) is 15.6 Å². The predicted octanol–water partition coefficient (Wildman–Crippen LogP) is 3.14. The number of halogens is 4. The zero-order valence-corrected chi connectivity index (χ0v) is 11.0. The highest BCUT2D eigenvalue weighted by Gasteiger charge is 2.31. The van der Waals surface area contributed by atoms with E-state index < -0.39 is 17.6 Å². The van der Waals surface area contributed by atoms with Gasteiger partial charge in [-0.15, -0.1) is 0 Å². The highest BCUT2D eigenvalue weighted by molar-refractivity contribution is 6.31. The fourth-order valence-electron chi connectivity index (χ4n) is 1.69. The first-order valence-corrected chi connectivity index (χ1v) is 5.85. The van der Waals surface area contributed by atoms with Crippen molar-refractivity contribution in [3.63, 3.8) is 0 Å². The minimum Gasteiger partial charge on any atom is -0.384 e. The van der Waals surface area contributed by atoms with Gasteiger partial charge in [-0.25, -0.2) is 4.68 Å². The molecule has 1 aromatic carbocycles. The van der Waals surface area contributed by atoms with Gasteiger partial charge in [0.2, 0.25) is 0 Å². The summed E-state index contributed by atoms with van der Waals surface area (Å²) >= 11 is 5.87. The molecule has 0 fully saturated rings. The Kier molecular flexibility index (Phi) is 3.47. The fraction of sp³-hybridized carbons (Fsp3) is 0.167. The zero-order chi connectivity index (χ0) is 15.1. The van der Waals surface area contributed by atoms with E-state index in [1.165, 1.54) is 16.9 Å². The molecule has 0 aliphatic rings. The summed E-state index contributed by atoms with van der Waals surface area (Å²) in [4.78, 5) is 0. The molecule has 4 nitrogen and oxygen atoms in total. The summed E-state index contributed by atoms with van der Waals surface area (Å²) < 4.78 is 39.3. The standard InChI is InChI=1S/C12H10ClF3N4/c1-6-9(13)5-20(19-6)10-3-2-7(12(14,15)16)4-8(10)11(17)18/h2-5H,1H3,(H3,17,18). The summed E-state index contributed by atoms with van der Waals surface area (Å²) in [5.74, 6) is -0.477. The van der Waals surface area contributed by atoms with Crippen LogP contribution < -0.4 is 5.73 Å². The summed E-state index contributed by atoms with van der Waals surface area (Å²) in [6.45, 7) is 1.66. The highest BCUT2D eigenvalue weighted by atomic mass is 35.5. The molecule has 0 spiro atoms. The van der Waals surface area contributed by atoms with E-state index in [2.05, 4.69) is 5.10 Å². The Hall–Kier alpha value is -2.02. The maximum atomic E-state index is 12.7. The second kappa shape index (κ2) is 4.82. The van der Waals surface area contributed by atoms with E-state index in [4.69, 9.17) is 22.7 Å². The van der Waals surface area contributed by atoms with E-state index in [9.17, 15) is 13.2 Å². The van der Waals surface area contributed by atoms with E-state index in [1.54, 1.807) is 6.92 Å². The molecule has 0 aliphatic carbocycles. The molecule has 1 aromatic heterocycles. The largest absolute Gasteiger partial charge is 0.416 e. The van der Waals surface area contributed by atoms with Gasteiger partial charge in [0, 0.05) is 11.8 Å². The molecule has 0 saturated heterocycles. The summed E-state index contributed by atoms with van der Waals surface area (Å²) in [7, 11) is 0. The Labute approximate surface area is 117 Å². The van der Waals surface area contributed by atoms with E-state index in [0.717, 1.165) is 12.1 Å². The Bertz CT molecular complexity index is 656. The van der Waals surface area contributed by atoms with E-state index in [0.29, 0.717) is 10.7 Å². The average molecular weight is 303 g/mol. The first-order chi connectivity index (χ1) is 9.20. The van der Waals surface area contributed by atoms with Gasteiger partial charge >= 0.3 is 6.18 Å².